The number of rotatable bonds is 5. The average Bonchev–Trinajstić information content (AvgIpc) is 3.32. The van der Waals surface area contributed by atoms with Crippen molar-refractivity contribution in [2.75, 3.05) is 19.0 Å². The summed E-state index contributed by atoms with van der Waals surface area (Å²) in [6, 6.07) is 9.79. The van der Waals surface area contributed by atoms with E-state index in [2.05, 4.69) is 11.0 Å². The van der Waals surface area contributed by atoms with Crippen LogP contribution in [0.15, 0.2) is 39.7 Å². The SMILES string of the molecule is Cc1cc(N(C)C)ccc1-c1ccc(C=C2SC(=S)N(C3CCCC(C(=O)O)C3)C2=O)o1. The predicted molar refractivity (Wildman–Crippen MR) is 132 cm³/mol. The standard InChI is InChI=1S/C24H26N2O4S2/c1-14-11-16(25(2)3)7-9-19(14)20-10-8-18(30-20)13-21-22(27)26(24(31)32-21)17-6-4-5-15(12-17)23(28)29/h7-11,13,15,17H,4-6,12H2,1-3H3,(H,28,29). The third-order valence-electron chi connectivity index (χ3n) is 6.08. The number of benzene rings is 1. The van der Waals surface area contributed by atoms with Gasteiger partial charge in [0.25, 0.3) is 5.91 Å². The molecule has 32 heavy (non-hydrogen) atoms. The van der Waals surface area contributed by atoms with Crippen molar-refractivity contribution in [2.45, 2.75) is 38.6 Å². The van der Waals surface area contributed by atoms with Gasteiger partial charge >= 0.3 is 5.97 Å². The fraction of sp³-hybridized carbons (Fsp3) is 0.375. The van der Waals surface area contributed by atoms with E-state index in [0.29, 0.717) is 27.8 Å². The van der Waals surface area contributed by atoms with Crippen LogP contribution in [0.25, 0.3) is 17.4 Å². The van der Waals surface area contributed by atoms with Crippen LogP contribution < -0.4 is 4.90 Å². The molecule has 2 heterocycles. The topological polar surface area (TPSA) is 74.0 Å². The predicted octanol–water partition coefficient (Wildman–Crippen LogP) is 5.17. The third kappa shape index (κ3) is 4.47. The molecule has 1 N–H and O–H groups in total. The van der Waals surface area contributed by atoms with E-state index in [1.165, 1.54) is 11.8 Å². The zero-order valence-corrected chi connectivity index (χ0v) is 20.0. The molecule has 1 saturated heterocycles. The molecule has 1 aromatic heterocycles. The molecule has 2 fully saturated rings. The Kier molecular flexibility index (Phi) is 6.44. The maximum atomic E-state index is 13.1. The Bertz CT molecular complexity index is 1110. The number of thiocarbonyl (C=S) groups is 1. The molecule has 4 rings (SSSR count). The van der Waals surface area contributed by atoms with Gasteiger partial charge in [-0.05, 0) is 62.1 Å². The summed E-state index contributed by atoms with van der Waals surface area (Å²) in [6.45, 7) is 2.05. The van der Waals surface area contributed by atoms with Gasteiger partial charge in [-0.2, -0.15) is 0 Å². The van der Waals surface area contributed by atoms with Crippen LogP contribution in [0, 0.1) is 12.8 Å². The second-order valence-corrected chi connectivity index (χ2v) is 10.2. The Labute approximate surface area is 197 Å². The van der Waals surface area contributed by atoms with Crippen LogP contribution in [0.4, 0.5) is 5.69 Å². The monoisotopic (exact) mass is 470 g/mol. The Morgan fingerprint density at radius 1 is 1.28 bits per heavy atom. The molecule has 0 spiro atoms. The quantitative estimate of drug-likeness (QED) is 0.478. The van der Waals surface area contributed by atoms with Gasteiger partial charge in [-0.25, -0.2) is 0 Å². The number of anilines is 1. The van der Waals surface area contributed by atoms with Gasteiger partial charge in [0.15, 0.2) is 0 Å². The van der Waals surface area contributed by atoms with Crippen molar-refractivity contribution in [3.8, 4) is 11.3 Å². The molecule has 1 amide bonds. The molecule has 1 aliphatic heterocycles. The molecule has 2 aromatic rings. The van der Waals surface area contributed by atoms with Gasteiger partial charge < -0.3 is 14.4 Å². The zero-order chi connectivity index (χ0) is 23.0. The zero-order valence-electron chi connectivity index (χ0n) is 18.3. The lowest BCUT2D eigenvalue weighted by molar-refractivity contribution is -0.144. The first-order chi connectivity index (χ1) is 15.2. The minimum absolute atomic E-state index is 0.159. The summed E-state index contributed by atoms with van der Waals surface area (Å²) in [5.74, 6) is -0.0555. The number of nitrogens with zero attached hydrogens (tertiary/aromatic N) is 2. The van der Waals surface area contributed by atoms with Crippen molar-refractivity contribution < 1.29 is 19.1 Å². The molecule has 8 heteroatoms. The summed E-state index contributed by atoms with van der Waals surface area (Å²) < 4.78 is 6.52. The summed E-state index contributed by atoms with van der Waals surface area (Å²) in [6.07, 6.45) is 4.38. The van der Waals surface area contributed by atoms with Crippen molar-refractivity contribution in [2.24, 2.45) is 5.92 Å². The second-order valence-electron chi connectivity index (χ2n) is 8.50. The lowest BCUT2D eigenvalue weighted by Crippen LogP contribution is -2.42. The second kappa shape index (κ2) is 9.11. The Hall–Kier alpha value is -2.58. The summed E-state index contributed by atoms with van der Waals surface area (Å²) in [4.78, 5) is 28.7. The Balaban J connectivity index is 1.53. The number of amides is 1. The molecular weight excluding hydrogens is 444 g/mol. The number of aryl methyl sites for hydroxylation is 1. The number of furan rings is 1. The highest BCUT2D eigenvalue weighted by Gasteiger charge is 2.40. The van der Waals surface area contributed by atoms with E-state index in [0.717, 1.165) is 35.4 Å². The Morgan fingerprint density at radius 3 is 2.75 bits per heavy atom. The number of carboxylic acids is 1. The first-order valence-corrected chi connectivity index (χ1v) is 11.8. The van der Waals surface area contributed by atoms with Crippen LogP contribution in [0.5, 0.6) is 0 Å². The van der Waals surface area contributed by atoms with Crippen LogP contribution in [-0.4, -0.2) is 46.3 Å². The smallest absolute Gasteiger partial charge is 0.306 e. The van der Waals surface area contributed by atoms with Crippen LogP contribution in [0.3, 0.4) is 0 Å². The van der Waals surface area contributed by atoms with Gasteiger partial charge in [-0.1, -0.05) is 30.4 Å². The molecule has 0 bridgehead atoms. The first-order valence-electron chi connectivity index (χ1n) is 10.6. The van der Waals surface area contributed by atoms with Crippen LogP contribution in [-0.2, 0) is 9.59 Å². The molecular formula is C24H26N2O4S2. The van der Waals surface area contributed by atoms with E-state index in [1.807, 2.05) is 45.3 Å². The van der Waals surface area contributed by atoms with Gasteiger partial charge in [-0.15, -0.1) is 0 Å². The Morgan fingerprint density at radius 2 is 2.06 bits per heavy atom. The number of carbonyl (C=O) groups excluding carboxylic acids is 1. The van der Waals surface area contributed by atoms with Gasteiger partial charge in [0.2, 0.25) is 0 Å². The highest BCUT2D eigenvalue weighted by molar-refractivity contribution is 8.26. The first kappa shape index (κ1) is 22.6. The number of aliphatic carboxylic acids is 1. The lowest BCUT2D eigenvalue weighted by atomic mass is 9.85. The van der Waals surface area contributed by atoms with Gasteiger partial charge in [0.05, 0.1) is 10.8 Å². The molecule has 2 unspecified atom stereocenters. The number of carboxylic acid groups (broad SMARTS) is 1. The maximum Gasteiger partial charge on any atom is 0.306 e. The summed E-state index contributed by atoms with van der Waals surface area (Å²) in [7, 11) is 4.01. The van der Waals surface area contributed by atoms with Crippen molar-refractivity contribution in [3.63, 3.8) is 0 Å². The maximum absolute atomic E-state index is 13.1. The van der Waals surface area contributed by atoms with Crippen molar-refractivity contribution in [1.82, 2.24) is 4.90 Å². The normalized spacial score (nSPS) is 22.6. The van der Waals surface area contributed by atoms with Crippen LogP contribution >= 0.6 is 24.0 Å². The number of carbonyl (C=O) groups is 2. The molecule has 2 atom stereocenters. The van der Waals surface area contributed by atoms with E-state index in [-0.39, 0.29) is 11.9 Å². The van der Waals surface area contributed by atoms with Gasteiger partial charge in [0.1, 0.15) is 15.8 Å². The number of hydrogen-bond acceptors (Lipinski definition) is 6. The summed E-state index contributed by atoms with van der Waals surface area (Å²) in [5, 5.41) is 9.37. The van der Waals surface area contributed by atoms with Crippen molar-refractivity contribution in [1.29, 1.82) is 0 Å². The fourth-order valence-corrected chi connectivity index (χ4v) is 5.70. The van der Waals surface area contributed by atoms with Crippen molar-refractivity contribution >= 4 is 51.9 Å². The molecule has 6 nitrogen and oxygen atoms in total. The molecule has 1 aliphatic carbocycles. The van der Waals surface area contributed by atoms with E-state index in [1.54, 1.807) is 11.0 Å². The van der Waals surface area contributed by atoms with E-state index in [4.69, 9.17) is 16.6 Å². The van der Waals surface area contributed by atoms with E-state index in [9.17, 15) is 14.7 Å². The van der Waals surface area contributed by atoms with Gasteiger partial charge in [-0.3, -0.25) is 14.5 Å². The van der Waals surface area contributed by atoms with Crippen LogP contribution in [0.2, 0.25) is 0 Å². The van der Waals surface area contributed by atoms with E-state index >= 15 is 0 Å². The molecule has 1 saturated carbocycles. The molecule has 2 aliphatic rings. The number of hydrogen-bond donors (Lipinski definition) is 1. The largest absolute Gasteiger partial charge is 0.481 e. The minimum Gasteiger partial charge on any atom is -0.481 e. The average molecular weight is 471 g/mol. The summed E-state index contributed by atoms with van der Waals surface area (Å²) in [5.41, 5.74) is 3.23. The minimum atomic E-state index is -0.798. The van der Waals surface area contributed by atoms with Crippen LogP contribution in [0.1, 0.15) is 37.0 Å². The molecule has 0 radical (unpaired) electrons. The van der Waals surface area contributed by atoms with E-state index < -0.39 is 11.9 Å². The number of thioether (sulfide) groups is 1. The fourth-order valence-electron chi connectivity index (χ4n) is 4.32. The van der Waals surface area contributed by atoms with Crippen molar-refractivity contribution in [3.05, 3.63) is 46.6 Å². The molecule has 168 valence electrons. The highest BCUT2D eigenvalue weighted by atomic mass is 32.2. The highest BCUT2D eigenvalue weighted by Crippen LogP contribution is 2.39. The third-order valence-corrected chi connectivity index (χ3v) is 7.41. The summed E-state index contributed by atoms with van der Waals surface area (Å²) >= 11 is 6.72. The lowest BCUT2D eigenvalue weighted by Gasteiger charge is -2.32. The molecule has 1 aromatic carbocycles. The van der Waals surface area contributed by atoms with Gasteiger partial charge in [0, 0.05) is 37.5 Å².